The zero-order chi connectivity index (χ0) is 19.0. The highest BCUT2D eigenvalue weighted by atomic mass is 16.4. The van der Waals surface area contributed by atoms with Crippen molar-refractivity contribution in [2.75, 3.05) is 6.54 Å². The van der Waals surface area contributed by atoms with E-state index in [4.69, 9.17) is 5.11 Å². The molecular formula is C20H31N3O4. The Hall–Kier alpha value is -1.79. The van der Waals surface area contributed by atoms with Crippen LogP contribution in [0, 0.1) is 23.7 Å². The standard InChI is InChI=1S/C20H31N3O4/c24-17(22-16-2-1-15(8-16)18(25)26)3-4-21-19(27)23-20-9-12-5-13(10-20)7-14(6-12)11-20/h12-16H,1-11H2,(H,22,24)(H,25,26)(H2,21,23,27)/t12?,13?,14?,15-,16+,20?/m1/s1. The van der Waals surface area contributed by atoms with Crippen LogP contribution in [0.3, 0.4) is 0 Å². The summed E-state index contributed by atoms with van der Waals surface area (Å²) in [6.45, 7) is 0.305. The van der Waals surface area contributed by atoms with Crippen LogP contribution >= 0.6 is 0 Å². The number of hydrogen-bond acceptors (Lipinski definition) is 3. The molecule has 2 atom stereocenters. The average Bonchev–Trinajstić information content (AvgIpc) is 3.01. The van der Waals surface area contributed by atoms with Crippen molar-refractivity contribution < 1.29 is 19.5 Å². The fraction of sp³-hybridized carbons (Fsp3) is 0.850. The predicted molar refractivity (Wildman–Crippen MR) is 99.0 cm³/mol. The van der Waals surface area contributed by atoms with Gasteiger partial charge in [-0.15, -0.1) is 0 Å². The van der Waals surface area contributed by atoms with Crippen LogP contribution < -0.4 is 16.0 Å². The van der Waals surface area contributed by atoms with Gasteiger partial charge in [-0.1, -0.05) is 0 Å². The number of carbonyl (C=O) groups excluding carboxylic acids is 2. The van der Waals surface area contributed by atoms with E-state index < -0.39 is 5.97 Å². The molecule has 5 aliphatic rings. The summed E-state index contributed by atoms with van der Waals surface area (Å²) in [7, 11) is 0. The first-order chi connectivity index (χ1) is 12.9. The van der Waals surface area contributed by atoms with E-state index in [1.165, 1.54) is 19.3 Å². The van der Waals surface area contributed by atoms with Crippen molar-refractivity contribution in [3.8, 4) is 0 Å². The van der Waals surface area contributed by atoms with Gasteiger partial charge in [0.1, 0.15) is 0 Å². The highest BCUT2D eigenvalue weighted by Crippen LogP contribution is 2.55. The van der Waals surface area contributed by atoms with Crippen LogP contribution in [-0.4, -0.2) is 41.1 Å². The molecule has 4 N–H and O–H groups in total. The SMILES string of the molecule is O=C(CCNC(=O)NC12CC3CC(CC(C3)C1)C2)N[C@H]1CC[C@@H](C(=O)O)C1. The van der Waals surface area contributed by atoms with Crippen LogP contribution in [0.2, 0.25) is 0 Å². The van der Waals surface area contributed by atoms with Gasteiger partial charge in [-0.2, -0.15) is 0 Å². The molecule has 27 heavy (non-hydrogen) atoms. The summed E-state index contributed by atoms with van der Waals surface area (Å²) >= 11 is 0. The number of aliphatic carboxylic acids is 1. The number of carbonyl (C=O) groups is 3. The largest absolute Gasteiger partial charge is 0.481 e. The van der Waals surface area contributed by atoms with E-state index >= 15 is 0 Å². The molecule has 0 saturated heterocycles. The number of carboxylic acids is 1. The number of rotatable bonds is 6. The normalized spacial score (nSPS) is 39.2. The second-order valence-corrected chi connectivity index (χ2v) is 9.44. The maximum atomic E-state index is 12.4. The highest BCUT2D eigenvalue weighted by Gasteiger charge is 2.51. The van der Waals surface area contributed by atoms with E-state index in [0.29, 0.717) is 25.8 Å². The van der Waals surface area contributed by atoms with Gasteiger partial charge in [0.2, 0.25) is 5.91 Å². The molecule has 0 aromatic rings. The number of amides is 3. The van der Waals surface area contributed by atoms with Gasteiger partial charge in [0.15, 0.2) is 0 Å². The highest BCUT2D eigenvalue weighted by molar-refractivity contribution is 5.79. The van der Waals surface area contributed by atoms with Crippen LogP contribution in [0.25, 0.3) is 0 Å². The molecule has 5 fully saturated rings. The first-order valence-electron chi connectivity index (χ1n) is 10.5. The molecule has 7 heteroatoms. The lowest BCUT2D eigenvalue weighted by Gasteiger charge is -2.56. The molecule has 5 saturated carbocycles. The lowest BCUT2D eigenvalue weighted by atomic mass is 9.53. The number of hydrogen-bond donors (Lipinski definition) is 4. The number of urea groups is 1. The Morgan fingerprint density at radius 2 is 1.56 bits per heavy atom. The van der Waals surface area contributed by atoms with Gasteiger partial charge in [0, 0.05) is 24.5 Å². The first kappa shape index (κ1) is 18.6. The van der Waals surface area contributed by atoms with Gasteiger partial charge in [-0.3, -0.25) is 9.59 Å². The van der Waals surface area contributed by atoms with E-state index in [0.717, 1.165) is 37.0 Å². The van der Waals surface area contributed by atoms with Gasteiger partial charge in [-0.25, -0.2) is 4.79 Å². The zero-order valence-electron chi connectivity index (χ0n) is 15.8. The molecule has 4 bridgehead atoms. The molecule has 0 unspecified atom stereocenters. The Balaban J connectivity index is 1.16. The molecular weight excluding hydrogens is 346 g/mol. The maximum absolute atomic E-state index is 12.4. The molecule has 0 radical (unpaired) electrons. The lowest BCUT2D eigenvalue weighted by molar-refractivity contribution is -0.141. The molecule has 0 spiro atoms. The summed E-state index contributed by atoms with van der Waals surface area (Å²) in [6, 6.07) is -0.212. The Morgan fingerprint density at radius 3 is 2.11 bits per heavy atom. The van der Waals surface area contributed by atoms with Gasteiger partial charge in [0.25, 0.3) is 0 Å². The van der Waals surface area contributed by atoms with Crippen LogP contribution in [0.15, 0.2) is 0 Å². The third-order valence-electron chi connectivity index (χ3n) is 7.20. The minimum absolute atomic E-state index is 0.0171. The fourth-order valence-electron chi connectivity index (χ4n) is 6.48. The van der Waals surface area contributed by atoms with E-state index in [1.54, 1.807) is 0 Å². The molecule has 0 aliphatic heterocycles. The monoisotopic (exact) mass is 377 g/mol. The van der Waals surface area contributed by atoms with Crippen molar-refractivity contribution >= 4 is 17.9 Å². The predicted octanol–water partition coefficient (Wildman–Crippen LogP) is 2.01. The molecule has 0 aromatic heterocycles. The summed E-state index contributed by atoms with van der Waals surface area (Å²) in [5.41, 5.74) is -0.0171. The minimum Gasteiger partial charge on any atom is -0.481 e. The Labute approximate surface area is 160 Å². The minimum atomic E-state index is -0.783. The van der Waals surface area contributed by atoms with Crippen LogP contribution in [0.4, 0.5) is 4.79 Å². The Kier molecular flexibility index (Phi) is 5.03. The van der Waals surface area contributed by atoms with Crippen LogP contribution in [0.1, 0.15) is 64.2 Å². The first-order valence-corrected chi connectivity index (χ1v) is 10.5. The lowest BCUT2D eigenvalue weighted by Crippen LogP contribution is -2.61. The molecule has 0 heterocycles. The van der Waals surface area contributed by atoms with Crippen molar-refractivity contribution in [1.29, 1.82) is 0 Å². The van der Waals surface area contributed by atoms with E-state index in [-0.39, 0.29) is 35.9 Å². The number of nitrogens with one attached hydrogen (secondary N) is 3. The van der Waals surface area contributed by atoms with Crippen LogP contribution in [-0.2, 0) is 9.59 Å². The fourth-order valence-corrected chi connectivity index (χ4v) is 6.48. The zero-order valence-corrected chi connectivity index (χ0v) is 15.8. The van der Waals surface area contributed by atoms with Gasteiger partial charge >= 0.3 is 12.0 Å². The topological polar surface area (TPSA) is 108 Å². The Morgan fingerprint density at radius 1 is 0.926 bits per heavy atom. The molecule has 5 aliphatic carbocycles. The van der Waals surface area contributed by atoms with Crippen molar-refractivity contribution in [3.63, 3.8) is 0 Å². The Bertz CT molecular complexity index is 585. The van der Waals surface area contributed by atoms with Gasteiger partial charge in [-0.05, 0) is 75.5 Å². The second kappa shape index (κ2) is 7.32. The van der Waals surface area contributed by atoms with Crippen molar-refractivity contribution in [2.24, 2.45) is 23.7 Å². The smallest absolute Gasteiger partial charge is 0.315 e. The third-order valence-corrected chi connectivity index (χ3v) is 7.20. The van der Waals surface area contributed by atoms with Crippen LogP contribution in [0.5, 0.6) is 0 Å². The summed E-state index contributed by atoms with van der Waals surface area (Å²) < 4.78 is 0. The molecule has 150 valence electrons. The van der Waals surface area contributed by atoms with Gasteiger partial charge < -0.3 is 21.1 Å². The van der Waals surface area contributed by atoms with Gasteiger partial charge in [0.05, 0.1) is 5.92 Å². The second-order valence-electron chi connectivity index (χ2n) is 9.44. The van der Waals surface area contributed by atoms with E-state index in [2.05, 4.69) is 16.0 Å². The number of carboxylic acid groups (broad SMARTS) is 1. The quantitative estimate of drug-likeness (QED) is 0.568. The summed E-state index contributed by atoms with van der Waals surface area (Å²) in [5.74, 6) is 1.09. The van der Waals surface area contributed by atoms with Crippen molar-refractivity contribution in [2.45, 2.75) is 75.8 Å². The molecule has 0 aromatic carbocycles. The third kappa shape index (κ3) is 4.22. The summed E-state index contributed by atoms with van der Waals surface area (Å²) in [5, 5.41) is 18.0. The molecule has 5 rings (SSSR count). The van der Waals surface area contributed by atoms with Crippen molar-refractivity contribution in [1.82, 2.24) is 16.0 Å². The molecule has 3 amide bonds. The van der Waals surface area contributed by atoms with Crippen molar-refractivity contribution in [3.05, 3.63) is 0 Å². The summed E-state index contributed by atoms with van der Waals surface area (Å²) in [4.78, 5) is 35.4. The molecule has 7 nitrogen and oxygen atoms in total. The summed E-state index contributed by atoms with van der Waals surface area (Å²) in [6.07, 6.45) is 9.40. The van der Waals surface area contributed by atoms with E-state index in [9.17, 15) is 14.4 Å². The maximum Gasteiger partial charge on any atom is 0.315 e. The average molecular weight is 377 g/mol. The van der Waals surface area contributed by atoms with E-state index in [1.807, 2.05) is 0 Å².